The van der Waals surface area contributed by atoms with Crippen LogP contribution >= 0.6 is 0 Å². The van der Waals surface area contributed by atoms with Gasteiger partial charge in [-0.25, -0.2) is 4.39 Å². The molecule has 2 aromatic rings. The zero-order chi connectivity index (χ0) is 16.9. The number of nitrogens with zero attached hydrogens (tertiary/aromatic N) is 2. The van der Waals surface area contributed by atoms with Crippen LogP contribution in [-0.2, 0) is 4.74 Å². The average molecular weight is 332 g/mol. The summed E-state index contributed by atoms with van der Waals surface area (Å²) in [6.07, 6.45) is 1.68. The standard InChI is InChI=1S/C17H21FN2O2Si/c1-21-10-11-22-17-14(9-12-23(2,3)4)13-19-20(17)16-7-5-15(18)6-8-16/h5-8,13H,10-11H2,1-4H3. The van der Waals surface area contributed by atoms with Crippen molar-refractivity contribution < 1.29 is 13.9 Å². The predicted octanol–water partition coefficient (Wildman–Crippen LogP) is 3.27. The number of benzene rings is 1. The molecule has 0 bridgehead atoms. The van der Waals surface area contributed by atoms with E-state index in [-0.39, 0.29) is 5.82 Å². The molecule has 0 spiro atoms. The van der Waals surface area contributed by atoms with E-state index in [4.69, 9.17) is 9.47 Å². The first-order chi connectivity index (χ1) is 10.9. The first kappa shape index (κ1) is 17.3. The Bertz CT molecular complexity index is 709. The van der Waals surface area contributed by atoms with Crippen molar-refractivity contribution in [2.24, 2.45) is 0 Å². The summed E-state index contributed by atoms with van der Waals surface area (Å²) >= 11 is 0. The van der Waals surface area contributed by atoms with Gasteiger partial charge in [-0.3, -0.25) is 0 Å². The molecule has 0 atom stereocenters. The summed E-state index contributed by atoms with van der Waals surface area (Å²) in [4.78, 5) is 0. The minimum Gasteiger partial charge on any atom is -0.474 e. The molecule has 1 aromatic heterocycles. The first-order valence-corrected chi connectivity index (χ1v) is 10.9. The summed E-state index contributed by atoms with van der Waals surface area (Å²) < 4.78 is 25.6. The maximum absolute atomic E-state index is 13.1. The van der Waals surface area contributed by atoms with Crippen molar-refractivity contribution >= 4 is 8.07 Å². The Kier molecular flexibility index (Phi) is 5.58. The van der Waals surface area contributed by atoms with Crippen LogP contribution in [0, 0.1) is 17.3 Å². The molecule has 0 radical (unpaired) electrons. The van der Waals surface area contributed by atoms with Crippen molar-refractivity contribution in [2.45, 2.75) is 19.6 Å². The minimum absolute atomic E-state index is 0.290. The van der Waals surface area contributed by atoms with Crippen molar-refractivity contribution in [3.63, 3.8) is 0 Å². The second kappa shape index (κ2) is 7.44. The monoisotopic (exact) mass is 332 g/mol. The Balaban J connectivity index is 2.39. The molecule has 1 heterocycles. The van der Waals surface area contributed by atoms with Gasteiger partial charge in [-0.2, -0.15) is 9.78 Å². The van der Waals surface area contributed by atoms with Gasteiger partial charge in [0.25, 0.3) is 0 Å². The van der Waals surface area contributed by atoms with Crippen molar-refractivity contribution in [1.29, 1.82) is 0 Å². The molecule has 0 aliphatic rings. The number of hydrogen-bond acceptors (Lipinski definition) is 3. The Morgan fingerprint density at radius 3 is 2.48 bits per heavy atom. The smallest absolute Gasteiger partial charge is 0.232 e. The Morgan fingerprint density at radius 1 is 1.17 bits per heavy atom. The topological polar surface area (TPSA) is 36.3 Å². The lowest BCUT2D eigenvalue weighted by molar-refractivity contribution is 0.142. The van der Waals surface area contributed by atoms with E-state index in [0.717, 1.165) is 11.3 Å². The zero-order valence-corrected chi connectivity index (χ0v) is 14.9. The number of halogens is 1. The Hall–Kier alpha value is -2.10. The molecule has 4 nitrogen and oxygen atoms in total. The summed E-state index contributed by atoms with van der Waals surface area (Å²) in [6, 6.07) is 6.09. The summed E-state index contributed by atoms with van der Waals surface area (Å²) in [6.45, 7) is 7.39. The molecule has 2 rings (SSSR count). The zero-order valence-electron chi connectivity index (χ0n) is 13.9. The predicted molar refractivity (Wildman–Crippen MR) is 91.1 cm³/mol. The normalized spacial score (nSPS) is 11.0. The third kappa shape index (κ3) is 4.95. The van der Waals surface area contributed by atoms with Crippen LogP contribution < -0.4 is 4.74 Å². The van der Waals surface area contributed by atoms with E-state index >= 15 is 0 Å². The van der Waals surface area contributed by atoms with Crippen molar-refractivity contribution in [1.82, 2.24) is 9.78 Å². The molecule has 0 unspecified atom stereocenters. The summed E-state index contributed by atoms with van der Waals surface area (Å²) in [5.41, 5.74) is 4.76. The summed E-state index contributed by atoms with van der Waals surface area (Å²) in [5.74, 6) is 3.43. The molecular weight excluding hydrogens is 311 g/mol. The van der Waals surface area contributed by atoms with Gasteiger partial charge in [0.15, 0.2) is 0 Å². The minimum atomic E-state index is -1.51. The van der Waals surface area contributed by atoms with Crippen LogP contribution in [0.5, 0.6) is 5.88 Å². The van der Waals surface area contributed by atoms with Gasteiger partial charge in [-0.05, 0) is 24.3 Å². The second-order valence-electron chi connectivity index (χ2n) is 6.09. The quantitative estimate of drug-likeness (QED) is 0.479. The van der Waals surface area contributed by atoms with Crippen LogP contribution in [-0.4, -0.2) is 38.2 Å². The van der Waals surface area contributed by atoms with Crippen LogP contribution in [0.4, 0.5) is 4.39 Å². The molecule has 0 saturated carbocycles. The second-order valence-corrected chi connectivity index (χ2v) is 10.8. The Morgan fingerprint density at radius 2 is 1.87 bits per heavy atom. The number of methoxy groups -OCH3 is 1. The maximum Gasteiger partial charge on any atom is 0.232 e. The van der Waals surface area contributed by atoms with E-state index in [2.05, 4.69) is 36.2 Å². The highest BCUT2D eigenvalue weighted by Gasteiger charge is 2.14. The van der Waals surface area contributed by atoms with Gasteiger partial charge in [-0.15, -0.1) is 5.54 Å². The fourth-order valence-electron chi connectivity index (χ4n) is 1.80. The van der Waals surface area contributed by atoms with Crippen LogP contribution in [0.15, 0.2) is 30.5 Å². The number of hydrogen-bond donors (Lipinski definition) is 0. The Labute approximate surface area is 137 Å². The van der Waals surface area contributed by atoms with Crippen LogP contribution in [0.2, 0.25) is 19.6 Å². The highest BCUT2D eigenvalue weighted by molar-refractivity contribution is 6.83. The van der Waals surface area contributed by atoms with Crippen molar-refractivity contribution in [3.8, 4) is 23.0 Å². The average Bonchev–Trinajstić information content (AvgIpc) is 2.89. The number of aromatic nitrogens is 2. The third-order valence-corrected chi connectivity index (χ3v) is 3.77. The number of ether oxygens (including phenoxy) is 2. The highest BCUT2D eigenvalue weighted by Crippen LogP contribution is 2.22. The summed E-state index contributed by atoms with van der Waals surface area (Å²) in [5, 5.41) is 4.34. The molecule has 0 aliphatic carbocycles. The van der Waals surface area contributed by atoms with Gasteiger partial charge >= 0.3 is 0 Å². The van der Waals surface area contributed by atoms with Gasteiger partial charge < -0.3 is 9.47 Å². The van der Waals surface area contributed by atoms with Gasteiger partial charge in [-0.1, -0.05) is 25.6 Å². The molecule has 0 fully saturated rings. The molecule has 0 saturated heterocycles. The van der Waals surface area contributed by atoms with Gasteiger partial charge in [0, 0.05) is 7.11 Å². The molecule has 23 heavy (non-hydrogen) atoms. The van der Waals surface area contributed by atoms with Crippen LogP contribution in [0.1, 0.15) is 5.56 Å². The first-order valence-electron chi connectivity index (χ1n) is 7.39. The van der Waals surface area contributed by atoms with E-state index in [1.165, 1.54) is 12.1 Å². The van der Waals surface area contributed by atoms with Gasteiger partial charge in [0.2, 0.25) is 5.88 Å². The van der Waals surface area contributed by atoms with Crippen molar-refractivity contribution in [2.75, 3.05) is 20.3 Å². The lowest BCUT2D eigenvalue weighted by atomic mass is 10.3. The van der Waals surface area contributed by atoms with E-state index in [9.17, 15) is 4.39 Å². The number of rotatable bonds is 5. The van der Waals surface area contributed by atoms with Crippen molar-refractivity contribution in [3.05, 3.63) is 41.8 Å². The molecule has 122 valence electrons. The van der Waals surface area contributed by atoms with E-state index in [1.807, 2.05) is 0 Å². The third-order valence-electron chi connectivity index (χ3n) is 2.89. The molecule has 0 amide bonds. The molecule has 1 aromatic carbocycles. The summed E-state index contributed by atoms with van der Waals surface area (Å²) in [7, 11) is 0.111. The van der Waals surface area contributed by atoms with Crippen LogP contribution in [0.25, 0.3) is 5.69 Å². The fourth-order valence-corrected chi connectivity index (χ4v) is 2.31. The SMILES string of the molecule is COCCOc1c(C#C[Si](C)(C)C)cnn1-c1ccc(F)cc1. The van der Waals surface area contributed by atoms with E-state index in [0.29, 0.717) is 19.1 Å². The molecule has 0 aliphatic heterocycles. The maximum atomic E-state index is 13.1. The molecule has 6 heteroatoms. The van der Waals surface area contributed by atoms with Gasteiger partial charge in [0.1, 0.15) is 26.1 Å². The fraction of sp³-hybridized carbons (Fsp3) is 0.353. The lowest BCUT2D eigenvalue weighted by Crippen LogP contribution is -2.16. The molecule has 0 N–H and O–H groups in total. The molecular formula is C17H21FN2O2Si. The van der Waals surface area contributed by atoms with E-state index in [1.54, 1.807) is 30.1 Å². The van der Waals surface area contributed by atoms with E-state index < -0.39 is 8.07 Å². The van der Waals surface area contributed by atoms with Gasteiger partial charge in [0.05, 0.1) is 18.5 Å². The lowest BCUT2D eigenvalue weighted by Gasteiger charge is -2.10. The highest BCUT2D eigenvalue weighted by atomic mass is 28.3. The van der Waals surface area contributed by atoms with Crippen LogP contribution in [0.3, 0.4) is 0 Å². The largest absolute Gasteiger partial charge is 0.474 e.